The molecule has 1 N–H and O–H groups in total. The molecule has 0 unspecified atom stereocenters. The summed E-state index contributed by atoms with van der Waals surface area (Å²) in [4.78, 5) is 49.3. The molecule has 31 heavy (non-hydrogen) atoms. The van der Waals surface area contributed by atoms with Gasteiger partial charge in [0.2, 0.25) is 0 Å². The molecule has 1 heterocycles. The molecule has 2 rings (SSSR count). The van der Waals surface area contributed by atoms with Gasteiger partial charge >= 0.3 is 23.9 Å². The Kier molecular flexibility index (Phi) is 8.15. The lowest BCUT2D eigenvalue weighted by atomic mass is 9.83. The van der Waals surface area contributed by atoms with E-state index in [1.165, 1.54) is 13.2 Å². The van der Waals surface area contributed by atoms with Crippen LogP contribution in [0.15, 0.2) is 35.5 Å². The van der Waals surface area contributed by atoms with Gasteiger partial charge in [-0.1, -0.05) is 26.5 Å². The smallest absolute Gasteiger partial charge is 0.337 e. The number of hydrogen-bond acceptors (Lipinski definition) is 9. The second-order valence-corrected chi connectivity index (χ2v) is 7.68. The topological polar surface area (TPSA) is 125 Å². The normalized spacial score (nSPS) is 29.6. The van der Waals surface area contributed by atoms with Gasteiger partial charge in [-0.3, -0.25) is 9.59 Å². The van der Waals surface area contributed by atoms with Crippen LogP contribution in [0.3, 0.4) is 0 Å². The van der Waals surface area contributed by atoms with Gasteiger partial charge in [0.25, 0.3) is 0 Å². The first kappa shape index (κ1) is 24.3. The number of carbonyl (C=O) groups excluding carboxylic acids is 4. The summed E-state index contributed by atoms with van der Waals surface area (Å²) >= 11 is 0. The number of hydrogen-bond donors (Lipinski definition) is 1. The Morgan fingerprint density at radius 2 is 1.97 bits per heavy atom. The van der Waals surface area contributed by atoms with Crippen molar-refractivity contribution >= 4 is 23.9 Å². The van der Waals surface area contributed by atoms with Crippen molar-refractivity contribution in [1.82, 2.24) is 0 Å². The maximum atomic E-state index is 12.6. The zero-order valence-corrected chi connectivity index (χ0v) is 18.1. The minimum absolute atomic E-state index is 0.00189. The number of allylic oxidation sites excluding steroid dienone is 1. The molecule has 9 heteroatoms. The van der Waals surface area contributed by atoms with Crippen molar-refractivity contribution in [2.45, 2.75) is 51.9 Å². The summed E-state index contributed by atoms with van der Waals surface area (Å²) in [6, 6.07) is 0. The van der Waals surface area contributed by atoms with Crippen molar-refractivity contribution in [2.75, 3.05) is 13.7 Å². The molecular weight excluding hydrogens is 408 g/mol. The lowest BCUT2D eigenvalue weighted by Gasteiger charge is -2.33. The van der Waals surface area contributed by atoms with Gasteiger partial charge in [-0.2, -0.15) is 0 Å². The molecule has 0 saturated carbocycles. The van der Waals surface area contributed by atoms with Gasteiger partial charge in [0.05, 0.1) is 31.1 Å². The number of fused-ring (bicyclic) bond motifs is 1. The van der Waals surface area contributed by atoms with Gasteiger partial charge in [0.15, 0.2) is 12.2 Å². The fraction of sp³-hybridized carbons (Fsp3) is 0.545. The number of rotatable bonds is 5. The van der Waals surface area contributed by atoms with Crippen LogP contribution in [0.25, 0.3) is 0 Å². The van der Waals surface area contributed by atoms with E-state index in [0.29, 0.717) is 18.4 Å². The molecule has 0 aromatic heterocycles. The highest BCUT2D eigenvalue weighted by molar-refractivity contribution is 5.92. The average molecular weight is 436 g/mol. The first-order valence-electron chi connectivity index (χ1n) is 9.96. The van der Waals surface area contributed by atoms with E-state index in [1.807, 2.05) is 0 Å². The van der Waals surface area contributed by atoms with E-state index in [0.717, 1.165) is 6.92 Å². The molecule has 2 aliphatic rings. The highest BCUT2D eigenvalue weighted by atomic mass is 16.6. The van der Waals surface area contributed by atoms with E-state index in [9.17, 15) is 24.3 Å². The predicted molar refractivity (Wildman–Crippen MR) is 107 cm³/mol. The summed E-state index contributed by atoms with van der Waals surface area (Å²) < 4.78 is 21.4. The first-order valence-corrected chi connectivity index (χ1v) is 9.96. The van der Waals surface area contributed by atoms with E-state index in [4.69, 9.17) is 18.9 Å². The lowest BCUT2D eigenvalue weighted by Crippen LogP contribution is -2.46. The van der Waals surface area contributed by atoms with E-state index in [-0.39, 0.29) is 17.8 Å². The van der Waals surface area contributed by atoms with Crippen molar-refractivity contribution in [3.05, 3.63) is 35.5 Å². The minimum atomic E-state index is -1.35. The fourth-order valence-corrected chi connectivity index (χ4v) is 3.50. The van der Waals surface area contributed by atoms with Crippen LogP contribution in [0.2, 0.25) is 0 Å². The Balaban J connectivity index is 2.70. The van der Waals surface area contributed by atoms with Crippen LogP contribution in [-0.2, 0) is 38.1 Å². The second kappa shape index (κ2) is 10.4. The summed E-state index contributed by atoms with van der Waals surface area (Å²) in [5, 5.41) is 9.70. The van der Waals surface area contributed by atoms with Crippen LogP contribution in [0.5, 0.6) is 0 Å². The van der Waals surface area contributed by atoms with Crippen molar-refractivity contribution in [3.63, 3.8) is 0 Å². The van der Waals surface area contributed by atoms with Crippen LogP contribution in [0, 0.1) is 11.8 Å². The zero-order valence-electron chi connectivity index (χ0n) is 18.1. The molecule has 1 aliphatic heterocycles. The van der Waals surface area contributed by atoms with Crippen LogP contribution < -0.4 is 0 Å². The molecule has 0 aromatic rings. The van der Waals surface area contributed by atoms with Gasteiger partial charge < -0.3 is 24.1 Å². The van der Waals surface area contributed by atoms with Crippen LogP contribution >= 0.6 is 0 Å². The molecule has 0 bridgehead atoms. The van der Waals surface area contributed by atoms with E-state index < -0.39 is 54.0 Å². The summed E-state index contributed by atoms with van der Waals surface area (Å²) in [7, 11) is 1.17. The van der Waals surface area contributed by atoms with E-state index in [2.05, 4.69) is 6.58 Å². The highest BCUT2D eigenvalue weighted by Gasteiger charge is 2.50. The van der Waals surface area contributed by atoms with E-state index in [1.54, 1.807) is 19.9 Å². The maximum Gasteiger partial charge on any atom is 0.337 e. The molecule has 0 spiro atoms. The Bertz CT molecular complexity index is 821. The molecule has 0 amide bonds. The third-order valence-corrected chi connectivity index (χ3v) is 5.09. The van der Waals surface area contributed by atoms with Crippen molar-refractivity contribution in [3.8, 4) is 0 Å². The van der Waals surface area contributed by atoms with Crippen molar-refractivity contribution in [1.29, 1.82) is 0 Å². The molecular formula is C22H28O9. The molecule has 4 atom stereocenters. The molecule has 1 fully saturated rings. The lowest BCUT2D eigenvalue weighted by molar-refractivity contribution is -0.172. The average Bonchev–Trinajstić information content (AvgIpc) is 2.99. The third kappa shape index (κ3) is 5.61. The van der Waals surface area contributed by atoms with Gasteiger partial charge in [0.1, 0.15) is 6.10 Å². The van der Waals surface area contributed by atoms with E-state index >= 15 is 0 Å². The molecule has 0 aromatic carbocycles. The zero-order chi connectivity index (χ0) is 23.3. The standard InChI is InChI=1S/C22H28O9/c1-11(2)20(25)31-19-17-12(3)21(26)30-16(17)9-14(10-23)7-6-8-15(22(27)28-5)18(19)29-13(4)24/h8-9,11,16-19,23H,3,6-7,10H2,1-2,4-5H3/b14-9-,15-8+/t16-,17+,18+,19-/m0/s1. The Hall–Kier alpha value is -2.94. The fourth-order valence-electron chi connectivity index (χ4n) is 3.50. The largest absolute Gasteiger partial charge is 0.466 e. The minimum Gasteiger partial charge on any atom is -0.466 e. The Labute approximate surface area is 180 Å². The van der Waals surface area contributed by atoms with Gasteiger partial charge in [0, 0.05) is 12.5 Å². The van der Waals surface area contributed by atoms with Gasteiger partial charge in [-0.15, -0.1) is 0 Å². The SMILES string of the molecule is C=C1C(=O)O[C@H]2/C=C(\CO)CC/C=C(/C(=O)OC)[C@@H](OC(C)=O)[C@@H](OC(=O)C(C)C)[C@H]12. The third-order valence-electron chi connectivity index (χ3n) is 5.09. The number of ether oxygens (including phenoxy) is 4. The molecule has 0 radical (unpaired) electrons. The quantitative estimate of drug-likeness (QED) is 0.294. The van der Waals surface area contributed by atoms with Crippen molar-refractivity contribution < 1.29 is 43.2 Å². The monoisotopic (exact) mass is 436 g/mol. The second-order valence-electron chi connectivity index (χ2n) is 7.68. The summed E-state index contributed by atoms with van der Waals surface area (Å²) in [6.45, 7) is 7.87. The number of aliphatic hydroxyl groups is 1. The number of methoxy groups -OCH3 is 1. The van der Waals surface area contributed by atoms with Gasteiger partial charge in [-0.25, -0.2) is 9.59 Å². The Morgan fingerprint density at radius 1 is 1.29 bits per heavy atom. The molecule has 9 nitrogen and oxygen atoms in total. The molecule has 1 saturated heterocycles. The summed E-state index contributed by atoms with van der Waals surface area (Å²) in [5.74, 6) is -4.32. The highest BCUT2D eigenvalue weighted by Crippen LogP contribution is 2.38. The van der Waals surface area contributed by atoms with Crippen LogP contribution in [0.4, 0.5) is 0 Å². The van der Waals surface area contributed by atoms with Crippen LogP contribution in [0.1, 0.15) is 33.6 Å². The summed E-state index contributed by atoms with van der Waals surface area (Å²) in [6.07, 6.45) is 0.178. The number of carbonyl (C=O) groups is 4. The Morgan fingerprint density at radius 3 is 2.52 bits per heavy atom. The molecule has 1 aliphatic carbocycles. The first-order chi connectivity index (χ1) is 14.6. The van der Waals surface area contributed by atoms with Crippen LogP contribution in [-0.4, -0.2) is 61.0 Å². The molecule has 170 valence electrons. The number of esters is 4. The number of aliphatic hydroxyl groups excluding tert-OH is 1. The predicted octanol–water partition coefficient (Wildman–Crippen LogP) is 1.40. The summed E-state index contributed by atoms with van der Waals surface area (Å²) in [5.41, 5.74) is 0.532. The maximum absolute atomic E-state index is 12.6. The van der Waals surface area contributed by atoms with Crippen molar-refractivity contribution in [2.24, 2.45) is 11.8 Å². The van der Waals surface area contributed by atoms with Gasteiger partial charge in [-0.05, 0) is 24.5 Å².